The van der Waals surface area contributed by atoms with Gasteiger partial charge in [-0.3, -0.25) is 0 Å². The number of benzene rings is 3. The Bertz CT molecular complexity index is 1570. The fraction of sp³-hybridized carbons (Fsp3) is 0.0968. The molecular formula is C31H24IrN2O-2. The van der Waals surface area contributed by atoms with Gasteiger partial charge in [0.2, 0.25) is 0 Å². The first kappa shape index (κ1) is 24.5. The molecule has 3 heterocycles. The second-order valence-corrected chi connectivity index (χ2v) is 8.36. The Balaban J connectivity index is 0.000000179. The van der Waals surface area contributed by atoms with Crippen LogP contribution >= 0.6 is 0 Å². The summed E-state index contributed by atoms with van der Waals surface area (Å²) in [5, 5.41) is 2.30. The van der Waals surface area contributed by atoms with Crippen molar-refractivity contribution in [2.75, 3.05) is 0 Å². The summed E-state index contributed by atoms with van der Waals surface area (Å²) in [6.07, 6.45) is 3.67. The van der Waals surface area contributed by atoms with Crippen molar-refractivity contribution in [2.24, 2.45) is 0 Å². The summed E-state index contributed by atoms with van der Waals surface area (Å²) in [5.41, 5.74) is 9.18. The minimum absolute atomic E-state index is 0. The Kier molecular flexibility index (Phi) is 7.55. The van der Waals surface area contributed by atoms with Gasteiger partial charge in [-0.25, -0.2) is 0 Å². The van der Waals surface area contributed by atoms with E-state index in [2.05, 4.69) is 54.1 Å². The summed E-state index contributed by atoms with van der Waals surface area (Å²) in [7, 11) is 0. The molecule has 0 spiro atoms. The van der Waals surface area contributed by atoms with Crippen molar-refractivity contribution in [3.63, 3.8) is 0 Å². The normalized spacial score (nSPS) is 10.5. The Hall–Kier alpha value is -3.59. The monoisotopic (exact) mass is 633 g/mol. The van der Waals surface area contributed by atoms with E-state index in [1.165, 1.54) is 11.1 Å². The average molecular weight is 633 g/mol. The van der Waals surface area contributed by atoms with Crippen LogP contribution in [0.1, 0.15) is 16.7 Å². The molecule has 35 heavy (non-hydrogen) atoms. The summed E-state index contributed by atoms with van der Waals surface area (Å²) >= 11 is 0. The topological polar surface area (TPSA) is 38.9 Å². The van der Waals surface area contributed by atoms with E-state index < -0.39 is 0 Å². The predicted octanol–water partition coefficient (Wildman–Crippen LogP) is 7.92. The van der Waals surface area contributed by atoms with Crippen LogP contribution in [-0.4, -0.2) is 9.97 Å². The van der Waals surface area contributed by atoms with Gasteiger partial charge >= 0.3 is 0 Å². The molecule has 6 aromatic rings. The van der Waals surface area contributed by atoms with E-state index >= 15 is 0 Å². The van der Waals surface area contributed by atoms with E-state index in [9.17, 15) is 0 Å². The molecule has 0 bridgehead atoms. The van der Waals surface area contributed by atoms with E-state index in [1.807, 2.05) is 73.8 Å². The molecule has 4 heteroatoms. The van der Waals surface area contributed by atoms with Gasteiger partial charge < -0.3 is 14.4 Å². The number of para-hydroxylation sites is 1. The quantitative estimate of drug-likeness (QED) is 0.182. The van der Waals surface area contributed by atoms with Crippen LogP contribution in [0.15, 0.2) is 95.7 Å². The third kappa shape index (κ3) is 5.24. The summed E-state index contributed by atoms with van der Waals surface area (Å²) < 4.78 is 6.08. The first-order valence-electron chi connectivity index (χ1n) is 11.3. The second-order valence-electron chi connectivity index (χ2n) is 8.36. The Morgan fingerprint density at radius 1 is 0.771 bits per heavy atom. The molecule has 0 atom stereocenters. The van der Waals surface area contributed by atoms with Crippen molar-refractivity contribution in [3.05, 3.63) is 120 Å². The van der Waals surface area contributed by atoms with Crippen molar-refractivity contribution in [2.45, 2.75) is 20.8 Å². The maximum Gasteiger partial charge on any atom is 0.120 e. The van der Waals surface area contributed by atoms with E-state index in [0.29, 0.717) is 0 Å². The average Bonchev–Trinajstić information content (AvgIpc) is 3.27. The first-order chi connectivity index (χ1) is 16.6. The van der Waals surface area contributed by atoms with Crippen LogP contribution in [0.5, 0.6) is 0 Å². The number of hydrogen-bond acceptors (Lipinski definition) is 3. The molecule has 0 unspecified atom stereocenters. The first-order valence-corrected chi connectivity index (χ1v) is 11.3. The summed E-state index contributed by atoms with van der Waals surface area (Å²) in [6, 6.07) is 32.6. The third-order valence-corrected chi connectivity index (χ3v) is 5.72. The Morgan fingerprint density at radius 2 is 1.60 bits per heavy atom. The maximum atomic E-state index is 6.08. The van der Waals surface area contributed by atoms with E-state index in [1.54, 1.807) is 6.20 Å². The van der Waals surface area contributed by atoms with Crippen LogP contribution in [0.3, 0.4) is 0 Å². The van der Waals surface area contributed by atoms with Gasteiger partial charge in [0, 0.05) is 37.9 Å². The summed E-state index contributed by atoms with van der Waals surface area (Å²) in [4.78, 5) is 8.77. The van der Waals surface area contributed by atoms with Gasteiger partial charge in [-0.05, 0) is 36.0 Å². The molecule has 0 aliphatic rings. The molecule has 175 valence electrons. The molecule has 3 nitrogen and oxygen atoms in total. The van der Waals surface area contributed by atoms with Crippen LogP contribution in [0.25, 0.3) is 44.5 Å². The minimum atomic E-state index is 0. The molecule has 0 amide bonds. The van der Waals surface area contributed by atoms with Crippen LogP contribution in [0, 0.1) is 32.9 Å². The number of fused-ring (bicyclic) bond motifs is 3. The number of nitrogens with zero attached hydrogens (tertiary/aromatic N) is 2. The molecule has 6 rings (SSSR count). The number of furan rings is 1. The van der Waals surface area contributed by atoms with Crippen molar-refractivity contribution in [1.29, 1.82) is 0 Å². The number of pyridine rings is 2. The molecule has 0 aliphatic heterocycles. The zero-order chi connectivity index (χ0) is 23.5. The molecule has 3 aromatic carbocycles. The van der Waals surface area contributed by atoms with Gasteiger partial charge in [-0.2, -0.15) is 0 Å². The minimum Gasteiger partial charge on any atom is -0.501 e. The van der Waals surface area contributed by atoms with Gasteiger partial charge in [0.1, 0.15) is 5.58 Å². The Labute approximate surface area is 219 Å². The molecule has 0 N–H and O–H groups in total. The SMILES string of the molecule is Cc1cc[c-]c(-c2ccccn2)c1.Cc1ccc(-c2[c-]cc(C)c3c2oc2ccccc23)nc1.[Ir]. The zero-order valence-corrected chi connectivity index (χ0v) is 22.2. The number of aryl methyl sites for hydroxylation is 3. The number of hydrogen-bond donors (Lipinski definition) is 0. The fourth-order valence-electron chi connectivity index (χ4n) is 3.99. The molecule has 0 aliphatic carbocycles. The fourth-order valence-corrected chi connectivity index (χ4v) is 3.99. The van der Waals surface area contributed by atoms with Crippen molar-refractivity contribution < 1.29 is 24.5 Å². The molecule has 3 aromatic heterocycles. The molecular weight excluding hydrogens is 609 g/mol. The molecule has 0 fully saturated rings. The predicted molar refractivity (Wildman–Crippen MR) is 139 cm³/mol. The standard InChI is InChI=1S/C19H14NO.C12H10N.Ir/c1-12-7-10-16(20-11-12)14-9-8-13(2)18-15-5-3-4-6-17(15)21-19(14)18;1-10-5-4-6-11(9-10)12-7-2-3-8-13-12;/h3-8,10-11H,1-2H3;2-5,7-9H,1H3;/q2*-1;. The second kappa shape index (κ2) is 10.8. The van der Waals surface area contributed by atoms with Crippen molar-refractivity contribution in [1.82, 2.24) is 9.97 Å². The van der Waals surface area contributed by atoms with Crippen LogP contribution in [0.4, 0.5) is 0 Å². The van der Waals surface area contributed by atoms with Crippen LogP contribution < -0.4 is 0 Å². The third-order valence-electron chi connectivity index (χ3n) is 5.72. The van der Waals surface area contributed by atoms with E-state index in [0.717, 1.165) is 50.0 Å². The zero-order valence-electron chi connectivity index (χ0n) is 19.8. The van der Waals surface area contributed by atoms with Gasteiger partial charge in [0.05, 0.1) is 5.58 Å². The maximum absolute atomic E-state index is 6.08. The van der Waals surface area contributed by atoms with Gasteiger partial charge in [0.25, 0.3) is 0 Å². The summed E-state index contributed by atoms with van der Waals surface area (Å²) in [5.74, 6) is 0. The number of aromatic nitrogens is 2. The van der Waals surface area contributed by atoms with Gasteiger partial charge in [0.15, 0.2) is 0 Å². The number of rotatable bonds is 2. The van der Waals surface area contributed by atoms with Crippen molar-refractivity contribution >= 4 is 21.9 Å². The smallest absolute Gasteiger partial charge is 0.120 e. The largest absolute Gasteiger partial charge is 0.501 e. The van der Waals surface area contributed by atoms with Crippen LogP contribution in [0.2, 0.25) is 0 Å². The van der Waals surface area contributed by atoms with Gasteiger partial charge in [-0.15, -0.1) is 53.1 Å². The molecule has 0 saturated heterocycles. The van der Waals surface area contributed by atoms with Crippen molar-refractivity contribution in [3.8, 4) is 22.5 Å². The molecule has 1 radical (unpaired) electrons. The van der Waals surface area contributed by atoms with Gasteiger partial charge in [-0.1, -0.05) is 67.3 Å². The van der Waals surface area contributed by atoms with E-state index in [4.69, 9.17) is 4.42 Å². The Morgan fingerprint density at radius 3 is 2.34 bits per heavy atom. The van der Waals surface area contributed by atoms with Crippen LogP contribution in [-0.2, 0) is 20.1 Å². The molecule has 0 saturated carbocycles. The van der Waals surface area contributed by atoms with E-state index in [-0.39, 0.29) is 20.1 Å². The summed E-state index contributed by atoms with van der Waals surface area (Å²) in [6.45, 7) is 6.19.